The normalized spacial score (nSPS) is 31.3. The monoisotopic (exact) mass is 252 g/mol. The lowest BCUT2D eigenvalue weighted by Gasteiger charge is -2.28. The fraction of sp³-hybridized carbons (Fsp3) is 0.800. The molecule has 0 amide bonds. The molecule has 1 aliphatic heterocycles. The highest BCUT2D eigenvalue weighted by Gasteiger charge is 2.46. The summed E-state index contributed by atoms with van der Waals surface area (Å²) in [5, 5.41) is 0. The maximum atomic E-state index is 11.4. The Hall–Kier alpha value is -0.830. The van der Waals surface area contributed by atoms with E-state index in [1.807, 2.05) is 0 Å². The zero-order chi connectivity index (χ0) is 13.0. The van der Waals surface area contributed by atoms with E-state index in [0.29, 0.717) is 18.1 Å². The molecular weight excluding hydrogens is 228 g/mol. The van der Waals surface area contributed by atoms with E-state index in [1.165, 1.54) is 18.9 Å². The molecule has 3 heteroatoms. The van der Waals surface area contributed by atoms with Crippen molar-refractivity contribution in [1.29, 1.82) is 0 Å². The van der Waals surface area contributed by atoms with Crippen LogP contribution in [-0.4, -0.2) is 24.3 Å². The van der Waals surface area contributed by atoms with Gasteiger partial charge in [0.2, 0.25) is 0 Å². The van der Waals surface area contributed by atoms with Gasteiger partial charge in [-0.1, -0.05) is 26.3 Å². The van der Waals surface area contributed by atoms with Crippen molar-refractivity contribution in [3.05, 3.63) is 12.7 Å². The van der Waals surface area contributed by atoms with Gasteiger partial charge >= 0.3 is 5.97 Å². The van der Waals surface area contributed by atoms with Crippen molar-refractivity contribution in [3.63, 3.8) is 0 Å². The summed E-state index contributed by atoms with van der Waals surface area (Å²) in [7, 11) is 0. The first-order valence-electron chi connectivity index (χ1n) is 7.23. The summed E-state index contributed by atoms with van der Waals surface area (Å²) in [6, 6.07) is 0. The fourth-order valence-corrected chi connectivity index (χ4v) is 2.96. The largest absolute Gasteiger partial charge is 0.459 e. The summed E-state index contributed by atoms with van der Waals surface area (Å²) >= 11 is 0. The number of ether oxygens (including phenoxy) is 2. The molecule has 1 aliphatic carbocycles. The van der Waals surface area contributed by atoms with E-state index >= 15 is 0 Å². The second-order valence-electron chi connectivity index (χ2n) is 5.46. The van der Waals surface area contributed by atoms with E-state index < -0.39 is 0 Å². The first-order chi connectivity index (χ1) is 8.74. The molecule has 0 aromatic heterocycles. The van der Waals surface area contributed by atoms with Crippen LogP contribution in [0, 0.1) is 5.92 Å². The Balaban J connectivity index is 1.85. The average Bonchev–Trinajstić information content (AvgIpc) is 3.15. The SMILES string of the molecule is C=CC(=O)OC(CCCCC)C1CCC2OC2C1. The first kappa shape index (κ1) is 13.6. The predicted molar refractivity (Wildman–Crippen MR) is 70.2 cm³/mol. The lowest BCUT2D eigenvalue weighted by Crippen LogP contribution is -2.30. The maximum absolute atomic E-state index is 11.4. The second-order valence-corrected chi connectivity index (χ2v) is 5.46. The molecule has 0 radical (unpaired) electrons. The van der Waals surface area contributed by atoms with Gasteiger partial charge in [0.05, 0.1) is 12.2 Å². The van der Waals surface area contributed by atoms with E-state index in [0.717, 1.165) is 32.1 Å². The lowest BCUT2D eigenvalue weighted by atomic mass is 9.83. The summed E-state index contributed by atoms with van der Waals surface area (Å²) in [6.45, 7) is 5.67. The number of hydrogen-bond acceptors (Lipinski definition) is 3. The highest BCUT2D eigenvalue weighted by Crippen LogP contribution is 2.42. The lowest BCUT2D eigenvalue weighted by molar-refractivity contribution is -0.146. The van der Waals surface area contributed by atoms with Gasteiger partial charge in [-0.25, -0.2) is 4.79 Å². The van der Waals surface area contributed by atoms with Gasteiger partial charge in [0.1, 0.15) is 6.10 Å². The van der Waals surface area contributed by atoms with E-state index in [-0.39, 0.29) is 12.1 Å². The first-order valence-corrected chi connectivity index (χ1v) is 7.23. The topological polar surface area (TPSA) is 38.8 Å². The fourth-order valence-electron chi connectivity index (χ4n) is 2.96. The van der Waals surface area contributed by atoms with Crippen molar-refractivity contribution in [1.82, 2.24) is 0 Å². The van der Waals surface area contributed by atoms with Gasteiger partial charge < -0.3 is 9.47 Å². The molecule has 0 spiro atoms. The number of esters is 1. The van der Waals surface area contributed by atoms with Gasteiger partial charge in [-0.15, -0.1) is 0 Å². The minimum Gasteiger partial charge on any atom is -0.459 e. The minimum absolute atomic E-state index is 0.0622. The molecule has 4 atom stereocenters. The molecule has 1 saturated carbocycles. The maximum Gasteiger partial charge on any atom is 0.330 e. The standard InChI is InChI=1S/C15H24O3/c1-3-5-6-7-12(18-15(16)4-2)11-8-9-13-14(10-11)17-13/h4,11-14H,2-3,5-10H2,1H3. The molecular formula is C15H24O3. The van der Waals surface area contributed by atoms with Gasteiger partial charge in [0.15, 0.2) is 0 Å². The molecule has 2 aliphatic rings. The van der Waals surface area contributed by atoms with Crippen LogP contribution in [0.1, 0.15) is 51.9 Å². The number of fused-ring (bicyclic) bond motifs is 1. The molecule has 0 aromatic carbocycles. The number of hydrogen-bond donors (Lipinski definition) is 0. The van der Waals surface area contributed by atoms with E-state index in [2.05, 4.69) is 13.5 Å². The smallest absolute Gasteiger partial charge is 0.330 e. The van der Waals surface area contributed by atoms with Crippen molar-refractivity contribution in [2.75, 3.05) is 0 Å². The average molecular weight is 252 g/mol. The predicted octanol–water partition coefficient (Wildman–Crippen LogP) is 3.23. The van der Waals surface area contributed by atoms with Gasteiger partial charge in [-0.2, -0.15) is 0 Å². The summed E-state index contributed by atoms with van der Waals surface area (Å²) < 4.78 is 11.1. The third kappa shape index (κ3) is 3.58. The molecule has 4 unspecified atom stereocenters. The van der Waals surface area contributed by atoms with Crippen molar-refractivity contribution in [3.8, 4) is 0 Å². The summed E-state index contributed by atoms with van der Waals surface area (Å²) in [5.74, 6) is 0.199. The second kappa shape index (κ2) is 6.37. The summed E-state index contributed by atoms with van der Waals surface area (Å²) in [5.41, 5.74) is 0. The van der Waals surface area contributed by atoms with E-state index in [9.17, 15) is 4.79 Å². The van der Waals surface area contributed by atoms with Crippen LogP contribution in [0.25, 0.3) is 0 Å². The third-order valence-corrected chi connectivity index (χ3v) is 4.10. The Kier molecular flexibility index (Phi) is 4.81. The van der Waals surface area contributed by atoms with Crippen LogP contribution < -0.4 is 0 Å². The van der Waals surface area contributed by atoms with E-state index in [1.54, 1.807) is 0 Å². The van der Waals surface area contributed by atoms with Crippen LogP contribution in [0.3, 0.4) is 0 Å². The zero-order valence-corrected chi connectivity index (χ0v) is 11.3. The van der Waals surface area contributed by atoms with Gasteiger partial charge in [-0.05, 0) is 38.0 Å². The third-order valence-electron chi connectivity index (χ3n) is 4.10. The van der Waals surface area contributed by atoms with Crippen LogP contribution in [0.15, 0.2) is 12.7 Å². The number of rotatable bonds is 7. The number of carbonyl (C=O) groups is 1. The van der Waals surface area contributed by atoms with Gasteiger partial charge in [0.25, 0.3) is 0 Å². The molecule has 2 fully saturated rings. The minimum atomic E-state index is -0.282. The molecule has 0 aromatic rings. The summed E-state index contributed by atoms with van der Waals surface area (Å²) in [6.07, 6.45) is 10.1. The van der Waals surface area contributed by atoms with E-state index in [4.69, 9.17) is 9.47 Å². The van der Waals surface area contributed by atoms with Crippen LogP contribution in [0.2, 0.25) is 0 Å². The molecule has 1 heterocycles. The van der Waals surface area contributed by atoms with Crippen molar-refractivity contribution >= 4 is 5.97 Å². The molecule has 0 bridgehead atoms. The van der Waals surface area contributed by atoms with Crippen molar-refractivity contribution in [2.45, 2.75) is 70.2 Å². The molecule has 2 rings (SSSR count). The van der Waals surface area contributed by atoms with Crippen LogP contribution in [0.4, 0.5) is 0 Å². The van der Waals surface area contributed by atoms with Crippen LogP contribution in [0.5, 0.6) is 0 Å². The van der Waals surface area contributed by atoms with Gasteiger partial charge in [0, 0.05) is 6.08 Å². The highest BCUT2D eigenvalue weighted by atomic mass is 16.6. The quantitative estimate of drug-likeness (QED) is 0.302. The van der Waals surface area contributed by atoms with Crippen LogP contribution >= 0.6 is 0 Å². The van der Waals surface area contributed by atoms with Crippen LogP contribution in [-0.2, 0) is 14.3 Å². The van der Waals surface area contributed by atoms with Gasteiger partial charge in [-0.3, -0.25) is 0 Å². The number of unbranched alkanes of at least 4 members (excludes halogenated alkanes) is 2. The number of epoxide rings is 1. The molecule has 0 N–H and O–H groups in total. The Morgan fingerprint density at radius 2 is 2.28 bits per heavy atom. The molecule has 1 saturated heterocycles. The number of carbonyl (C=O) groups excluding carboxylic acids is 1. The Morgan fingerprint density at radius 1 is 1.44 bits per heavy atom. The molecule has 18 heavy (non-hydrogen) atoms. The zero-order valence-electron chi connectivity index (χ0n) is 11.3. The molecule has 3 nitrogen and oxygen atoms in total. The summed E-state index contributed by atoms with van der Waals surface area (Å²) in [4.78, 5) is 11.4. The highest BCUT2D eigenvalue weighted by molar-refractivity contribution is 5.81. The Morgan fingerprint density at radius 3 is 2.94 bits per heavy atom. The molecule has 102 valence electrons. The van der Waals surface area contributed by atoms with Crippen molar-refractivity contribution in [2.24, 2.45) is 5.92 Å². The Labute approximate surface area is 110 Å². The van der Waals surface area contributed by atoms with Crippen molar-refractivity contribution < 1.29 is 14.3 Å². The Bertz CT molecular complexity index is 300.